The third kappa shape index (κ3) is 2.19. The number of carbonyl (C=O) groups excluding carboxylic acids is 1. The number of benzene rings is 1. The summed E-state index contributed by atoms with van der Waals surface area (Å²) in [5.74, 6) is 0. The highest BCUT2D eigenvalue weighted by Crippen LogP contribution is 2.27. The molecule has 0 aromatic heterocycles. The molecule has 0 radical (unpaired) electrons. The van der Waals surface area contributed by atoms with Crippen LogP contribution in [0.1, 0.15) is 12.5 Å². The number of nitrogens with zero attached hydrogens (tertiary/aromatic N) is 1. The van der Waals surface area contributed by atoms with E-state index in [4.69, 9.17) is 5.11 Å². The van der Waals surface area contributed by atoms with E-state index in [1.54, 1.807) is 4.90 Å². The van der Waals surface area contributed by atoms with Crippen LogP contribution >= 0.6 is 0 Å². The molecule has 3 N–H and O–H groups in total. The Kier molecular flexibility index (Phi) is 3.19. The van der Waals surface area contributed by atoms with Crippen molar-refractivity contribution in [3.05, 3.63) is 23.8 Å². The Hall–Kier alpha value is -1.75. The highest BCUT2D eigenvalue weighted by atomic mass is 16.3. The van der Waals surface area contributed by atoms with Gasteiger partial charge in [0, 0.05) is 25.0 Å². The SMILES string of the molecule is CNc1ccc2c(c1)NC(=O)N([C@@H](C)CO)C2. The summed E-state index contributed by atoms with van der Waals surface area (Å²) in [5, 5.41) is 15.0. The first-order chi connectivity index (χ1) is 8.15. The molecule has 1 aromatic rings. The van der Waals surface area contributed by atoms with Crippen molar-refractivity contribution < 1.29 is 9.90 Å². The fourth-order valence-corrected chi connectivity index (χ4v) is 1.88. The van der Waals surface area contributed by atoms with Crippen molar-refractivity contribution in [1.29, 1.82) is 0 Å². The Morgan fingerprint density at radius 3 is 3.00 bits per heavy atom. The van der Waals surface area contributed by atoms with Crippen molar-refractivity contribution in [2.45, 2.75) is 19.5 Å². The molecule has 5 heteroatoms. The molecule has 0 fully saturated rings. The van der Waals surface area contributed by atoms with Gasteiger partial charge in [0.1, 0.15) is 0 Å². The maximum Gasteiger partial charge on any atom is 0.322 e. The molecule has 0 bridgehead atoms. The van der Waals surface area contributed by atoms with Crippen LogP contribution in [0, 0.1) is 0 Å². The van der Waals surface area contributed by atoms with Gasteiger partial charge in [0.25, 0.3) is 0 Å². The minimum atomic E-state index is -0.174. The fraction of sp³-hybridized carbons (Fsp3) is 0.417. The van der Waals surface area contributed by atoms with Gasteiger partial charge in [-0.05, 0) is 24.6 Å². The van der Waals surface area contributed by atoms with Gasteiger partial charge in [-0.15, -0.1) is 0 Å². The van der Waals surface area contributed by atoms with E-state index in [1.165, 1.54) is 0 Å². The standard InChI is InChI=1S/C12H17N3O2/c1-8(7-16)15-6-9-3-4-10(13-2)5-11(9)14-12(15)17/h3-5,8,13,16H,6-7H2,1-2H3,(H,14,17)/t8-/m0/s1. The van der Waals surface area contributed by atoms with E-state index in [2.05, 4.69) is 10.6 Å². The topological polar surface area (TPSA) is 64.6 Å². The molecule has 0 spiro atoms. The highest BCUT2D eigenvalue weighted by Gasteiger charge is 2.26. The summed E-state index contributed by atoms with van der Waals surface area (Å²) in [6.45, 7) is 2.33. The quantitative estimate of drug-likeness (QED) is 0.743. The van der Waals surface area contributed by atoms with Gasteiger partial charge in [0.05, 0.1) is 12.6 Å². The van der Waals surface area contributed by atoms with Crippen LogP contribution < -0.4 is 10.6 Å². The first-order valence-corrected chi connectivity index (χ1v) is 5.65. The minimum absolute atomic E-state index is 0.0304. The van der Waals surface area contributed by atoms with Crippen LogP contribution in [0.5, 0.6) is 0 Å². The number of aliphatic hydroxyl groups is 1. The summed E-state index contributed by atoms with van der Waals surface area (Å²) in [4.78, 5) is 13.5. The van der Waals surface area contributed by atoms with E-state index in [0.717, 1.165) is 16.9 Å². The Balaban J connectivity index is 2.27. The van der Waals surface area contributed by atoms with Crippen LogP contribution in [0.15, 0.2) is 18.2 Å². The average molecular weight is 235 g/mol. The van der Waals surface area contributed by atoms with Gasteiger partial charge in [0.2, 0.25) is 0 Å². The zero-order valence-electron chi connectivity index (χ0n) is 10.0. The van der Waals surface area contributed by atoms with Crippen LogP contribution in [0.25, 0.3) is 0 Å². The summed E-state index contributed by atoms with van der Waals surface area (Å²) >= 11 is 0. The summed E-state index contributed by atoms with van der Waals surface area (Å²) in [6.07, 6.45) is 0. The molecule has 5 nitrogen and oxygen atoms in total. The Morgan fingerprint density at radius 2 is 2.35 bits per heavy atom. The normalized spacial score (nSPS) is 16.2. The van der Waals surface area contributed by atoms with Gasteiger partial charge in [0.15, 0.2) is 0 Å². The third-order valence-corrected chi connectivity index (χ3v) is 3.04. The molecule has 1 atom stereocenters. The van der Waals surface area contributed by atoms with Crippen LogP contribution in [-0.4, -0.2) is 35.7 Å². The number of hydrogen-bond acceptors (Lipinski definition) is 3. The van der Waals surface area contributed by atoms with Gasteiger partial charge in [-0.3, -0.25) is 0 Å². The van der Waals surface area contributed by atoms with Crippen LogP contribution in [-0.2, 0) is 6.54 Å². The van der Waals surface area contributed by atoms with Gasteiger partial charge >= 0.3 is 6.03 Å². The molecule has 2 rings (SSSR count). The summed E-state index contributed by atoms with van der Waals surface area (Å²) < 4.78 is 0. The molecule has 1 heterocycles. The molecular formula is C12H17N3O2. The molecule has 1 aromatic carbocycles. The molecule has 0 unspecified atom stereocenters. The molecule has 0 saturated heterocycles. The van der Waals surface area contributed by atoms with E-state index in [-0.39, 0.29) is 18.7 Å². The highest BCUT2D eigenvalue weighted by molar-refractivity contribution is 5.93. The van der Waals surface area contributed by atoms with E-state index in [9.17, 15) is 4.79 Å². The molecule has 0 aliphatic carbocycles. The van der Waals surface area contributed by atoms with Gasteiger partial charge in [-0.1, -0.05) is 6.07 Å². The van der Waals surface area contributed by atoms with E-state index < -0.39 is 0 Å². The first-order valence-electron chi connectivity index (χ1n) is 5.65. The zero-order chi connectivity index (χ0) is 12.4. The zero-order valence-corrected chi connectivity index (χ0v) is 10.0. The number of aliphatic hydroxyl groups excluding tert-OH is 1. The Morgan fingerprint density at radius 1 is 1.59 bits per heavy atom. The maximum absolute atomic E-state index is 11.8. The number of fused-ring (bicyclic) bond motifs is 1. The average Bonchev–Trinajstić information content (AvgIpc) is 2.36. The lowest BCUT2D eigenvalue weighted by molar-refractivity contribution is 0.144. The van der Waals surface area contributed by atoms with Crippen LogP contribution in [0.2, 0.25) is 0 Å². The van der Waals surface area contributed by atoms with Gasteiger partial charge < -0.3 is 20.6 Å². The second-order valence-electron chi connectivity index (χ2n) is 4.21. The maximum atomic E-state index is 11.8. The molecule has 1 aliphatic heterocycles. The van der Waals surface area contributed by atoms with Gasteiger partial charge in [-0.25, -0.2) is 4.79 Å². The lowest BCUT2D eigenvalue weighted by atomic mass is 10.1. The predicted molar refractivity (Wildman–Crippen MR) is 67.1 cm³/mol. The number of rotatable bonds is 3. The Labute approximate surface area is 100 Å². The third-order valence-electron chi connectivity index (χ3n) is 3.04. The first kappa shape index (κ1) is 11.7. The Bertz CT molecular complexity index is 434. The molecule has 0 saturated carbocycles. The number of nitrogens with one attached hydrogen (secondary N) is 2. The summed E-state index contributed by atoms with van der Waals surface area (Å²) in [5.41, 5.74) is 2.86. The molecule has 17 heavy (non-hydrogen) atoms. The van der Waals surface area contributed by atoms with Crippen molar-refractivity contribution in [2.75, 3.05) is 24.3 Å². The summed E-state index contributed by atoms with van der Waals surface area (Å²) in [7, 11) is 1.84. The number of hydrogen-bond donors (Lipinski definition) is 3. The second kappa shape index (κ2) is 4.63. The van der Waals surface area contributed by atoms with E-state index in [1.807, 2.05) is 32.2 Å². The van der Waals surface area contributed by atoms with Crippen molar-refractivity contribution >= 4 is 17.4 Å². The van der Waals surface area contributed by atoms with Crippen molar-refractivity contribution in [2.24, 2.45) is 0 Å². The van der Waals surface area contributed by atoms with Crippen molar-refractivity contribution in [3.63, 3.8) is 0 Å². The van der Waals surface area contributed by atoms with Crippen LogP contribution in [0.4, 0.5) is 16.2 Å². The van der Waals surface area contributed by atoms with Crippen molar-refractivity contribution in [3.8, 4) is 0 Å². The molecular weight excluding hydrogens is 218 g/mol. The number of carbonyl (C=O) groups is 1. The molecule has 1 aliphatic rings. The lowest BCUT2D eigenvalue weighted by Crippen LogP contribution is -2.45. The van der Waals surface area contributed by atoms with Crippen LogP contribution in [0.3, 0.4) is 0 Å². The molecule has 92 valence electrons. The lowest BCUT2D eigenvalue weighted by Gasteiger charge is -2.33. The van der Waals surface area contributed by atoms with E-state index in [0.29, 0.717) is 6.54 Å². The van der Waals surface area contributed by atoms with Crippen molar-refractivity contribution in [1.82, 2.24) is 4.90 Å². The van der Waals surface area contributed by atoms with Gasteiger partial charge in [-0.2, -0.15) is 0 Å². The molecule has 2 amide bonds. The number of amides is 2. The smallest absolute Gasteiger partial charge is 0.322 e. The minimum Gasteiger partial charge on any atom is -0.394 e. The number of anilines is 2. The monoisotopic (exact) mass is 235 g/mol. The fourth-order valence-electron chi connectivity index (χ4n) is 1.88. The second-order valence-corrected chi connectivity index (χ2v) is 4.21. The largest absolute Gasteiger partial charge is 0.394 e. The number of urea groups is 1. The van der Waals surface area contributed by atoms with E-state index >= 15 is 0 Å². The predicted octanol–water partition coefficient (Wildman–Crippen LogP) is 1.46. The summed E-state index contributed by atoms with van der Waals surface area (Å²) in [6, 6.07) is 5.53.